The van der Waals surface area contributed by atoms with Crippen molar-refractivity contribution in [2.45, 2.75) is 0 Å². The van der Waals surface area contributed by atoms with Crippen LogP contribution in [-0.4, -0.2) is 19.7 Å². The van der Waals surface area contributed by atoms with Gasteiger partial charge in [-0.1, -0.05) is 188 Å². The molecule has 2 heterocycles. The van der Waals surface area contributed by atoms with Crippen LogP contribution < -0.4 is 0 Å². The molecule has 0 aliphatic heterocycles. The molecule has 0 amide bonds. The third kappa shape index (κ3) is 6.86. The van der Waals surface area contributed by atoms with Crippen molar-refractivity contribution in [1.29, 1.82) is 0 Å². The lowest BCUT2D eigenvalue weighted by Crippen LogP contribution is -1.97. The van der Waals surface area contributed by atoms with Crippen molar-refractivity contribution < 1.29 is 0 Å². The van der Waals surface area contributed by atoms with Gasteiger partial charge in [-0.2, -0.15) is 5.10 Å². The van der Waals surface area contributed by atoms with Crippen LogP contribution in [0.15, 0.2) is 231 Å². The lowest BCUT2D eigenvalue weighted by molar-refractivity contribution is 0.918. The number of nitrogens with zero attached hydrogens (tertiary/aromatic N) is 4. The lowest BCUT2D eigenvalue weighted by Gasteiger charge is -2.13. The SMILES string of the molecule is c1ccc(-c2cccc(-c3nc(-c4ccccc4)cc(-c4cccc(-c5ccc6cc(-c7ccccc7)c7c(-c8ccccc8)nn(-c8ccccc8)c7c6c5)c4)n3)c2)cc1. The zero-order chi connectivity index (χ0) is 40.5. The number of rotatable bonds is 8. The van der Waals surface area contributed by atoms with Crippen LogP contribution in [0.3, 0.4) is 0 Å². The second-order valence-electron chi connectivity index (χ2n) is 15.3. The third-order valence-corrected chi connectivity index (χ3v) is 11.4. The lowest BCUT2D eigenvalue weighted by atomic mass is 9.92. The number of aromatic nitrogens is 4. The Morgan fingerprint density at radius 3 is 1.49 bits per heavy atom. The van der Waals surface area contributed by atoms with Crippen molar-refractivity contribution >= 4 is 21.7 Å². The van der Waals surface area contributed by atoms with Crippen LogP contribution in [0.4, 0.5) is 0 Å². The molecule has 11 aromatic rings. The molecule has 0 aliphatic carbocycles. The highest BCUT2D eigenvalue weighted by atomic mass is 15.3. The maximum Gasteiger partial charge on any atom is 0.160 e. The Labute approximate surface area is 354 Å². The van der Waals surface area contributed by atoms with Gasteiger partial charge in [-0.25, -0.2) is 14.6 Å². The van der Waals surface area contributed by atoms with E-state index in [4.69, 9.17) is 15.1 Å². The minimum atomic E-state index is 0.685. The predicted molar refractivity (Wildman–Crippen MR) is 252 cm³/mol. The molecule has 0 saturated carbocycles. The smallest absolute Gasteiger partial charge is 0.160 e. The molecular formula is C57H38N4. The first-order valence-corrected chi connectivity index (χ1v) is 20.6. The van der Waals surface area contributed by atoms with Crippen LogP contribution >= 0.6 is 0 Å². The average molecular weight is 779 g/mol. The summed E-state index contributed by atoms with van der Waals surface area (Å²) in [5, 5.41) is 8.81. The molecule has 61 heavy (non-hydrogen) atoms. The molecule has 11 rings (SSSR count). The summed E-state index contributed by atoms with van der Waals surface area (Å²) in [7, 11) is 0. The molecule has 0 spiro atoms. The van der Waals surface area contributed by atoms with E-state index < -0.39 is 0 Å². The van der Waals surface area contributed by atoms with Gasteiger partial charge in [0.05, 0.1) is 22.6 Å². The van der Waals surface area contributed by atoms with Gasteiger partial charge < -0.3 is 0 Å². The van der Waals surface area contributed by atoms with E-state index in [1.54, 1.807) is 0 Å². The number of para-hydroxylation sites is 1. The highest BCUT2D eigenvalue weighted by molar-refractivity contribution is 6.18. The molecule has 2 aromatic heterocycles. The Kier molecular flexibility index (Phi) is 9.14. The largest absolute Gasteiger partial charge is 0.232 e. The van der Waals surface area contributed by atoms with E-state index in [9.17, 15) is 0 Å². The predicted octanol–water partition coefficient (Wildman–Crippen LogP) is 14.6. The molecule has 0 bridgehead atoms. The van der Waals surface area contributed by atoms with E-state index >= 15 is 0 Å². The molecule has 0 radical (unpaired) electrons. The molecule has 0 atom stereocenters. The second kappa shape index (κ2) is 15.5. The van der Waals surface area contributed by atoms with Crippen LogP contribution in [0.1, 0.15) is 0 Å². The van der Waals surface area contributed by atoms with Gasteiger partial charge in [0.15, 0.2) is 5.82 Å². The van der Waals surface area contributed by atoms with Gasteiger partial charge in [-0.15, -0.1) is 0 Å². The van der Waals surface area contributed by atoms with Gasteiger partial charge in [0.25, 0.3) is 0 Å². The Hall–Kier alpha value is -8.21. The molecule has 0 unspecified atom stereocenters. The number of hydrogen-bond donors (Lipinski definition) is 0. The standard InChI is InChI=1S/C57H38N4/c1-6-18-39(19-7-1)43-26-17-29-48(35-43)57-58-52(41-22-10-3-11-23-41)38-53(59-57)47-28-16-27-44(34-47)45-32-33-46-37-50(40-20-8-2-9-21-40)54-55(42-24-12-4-13-25-42)60-61(56(54)51(46)36-45)49-30-14-5-15-31-49/h1-38H. The summed E-state index contributed by atoms with van der Waals surface area (Å²) in [6, 6.07) is 81.0. The molecule has 0 saturated heterocycles. The highest BCUT2D eigenvalue weighted by Gasteiger charge is 2.22. The Morgan fingerprint density at radius 2 is 0.820 bits per heavy atom. The first kappa shape index (κ1) is 35.9. The minimum Gasteiger partial charge on any atom is -0.232 e. The minimum absolute atomic E-state index is 0.685. The zero-order valence-electron chi connectivity index (χ0n) is 33.2. The molecule has 0 fully saturated rings. The fraction of sp³-hybridized carbons (Fsp3) is 0. The normalized spacial score (nSPS) is 11.3. The summed E-state index contributed by atoms with van der Waals surface area (Å²) in [5.41, 5.74) is 15.7. The van der Waals surface area contributed by atoms with Crippen LogP contribution in [0.25, 0.3) is 106 Å². The first-order valence-electron chi connectivity index (χ1n) is 20.6. The molecule has 4 nitrogen and oxygen atoms in total. The summed E-state index contributed by atoms with van der Waals surface area (Å²) < 4.78 is 2.13. The van der Waals surface area contributed by atoms with Gasteiger partial charge in [0, 0.05) is 33.0 Å². The number of benzene rings is 9. The molecule has 0 N–H and O–H groups in total. The van der Waals surface area contributed by atoms with E-state index in [2.05, 4.69) is 223 Å². The third-order valence-electron chi connectivity index (χ3n) is 11.4. The summed E-state index contributed by atoms with van der Waals surface area (Å²) in [6.07, 6.45) is 0. The van der Waals surface area contributed by atoms with Crippen molar-refractivity contribution in [2.75, 3.05) is 0 Å². The van der Waals surface area contributed by atoms with E-state index in [0.717, 1.165) is 100 Å². The van der Waals surface area contributed by atoms with E-state index in [1.807, 2.05) is 12.1 Å². The molecule has 4 heteroatoms. The zero-order valence-corrected chi connectivity index (χ0v) is 33.2. The summed E-state index contributed by atoms with van der Waals surface area (Å²) >= 11 is 0. The van der Waals surface area contributed by atoms with Crippen molar-refractivity contribution in [1.82, 2.24) is 19.7 Å². The molecule has 286 valence electrons. The maximum absolute atomic E-state index is 5.41. The Morgan fingerprint density at radius 1 is 0.328 bits per heavy atom. The van der Waals surface area contributed by atoms with E-state index in [1.165, 1.54) is 0 Å². The van der Waals surface area contributed by atoms with Crippen LogP contribution in [0.2, 0.25) is 0 Å². The second-order valence-corrected chi connectivity index (χ2v) is 15.3. The highest BCUT2D eigenvalue weighted by Crippen LogP contribution is 2.43. The van der Waals surface area contributed by atoms with Crippen molar-refractivity contribution in [2.24, 2.45) is 0 Å². The maximum atomic E-state index is 5.41. The van der Waals surface area contributed by atoms with Crippen LogP contribution in [0.5, 0.6) is 0 Å². The molecule has 0 aliphatic rings. The van der Waals surface area contributed by atoms with E-state index in [0.29, 0.717) is 5.82 Å². The molecular weight excluding hydrogens is 741 g/mol. The number of fused-ring (bicyclic) bond motifs is 3. The van der Waals surface area contributed by atoms with Gasteiger partial charge in [0.1, 0.15) is 5.69 Å². The fourth-order valence-corrected chi connectivity index (χ4v) is 8.42. The van der Waals surface area contributed by atoms with Gasteiger partial charge >= 0.3 is 0 Å². The summed E-state index contributed by atoms with van der Waals surface area (Å²) in [5.74, 6) is 0.685. The number of hydrogen-bond acceptors (Lipinski definition) is 3. The Bertz CT molecular complexity index is 3320. The van der Waals surface area contributed by atoms with Gasteiger partial charge in [-0.05, 0) is 81.2 Å². The van der Waals surface area contributed by atoms with Crippen molar-refractivity contribution in [3.8, 4) is 84.2 Å². The van der Waals surface area contributed by atoms with Gasteiger partial charge in [0.2, 0.25) is 0 Å². The van der Waals surface area contributed by atoms with Crippen LogP contribution in [0, 0.1) is 0 Å². The fourth-order valence-electron chi connectivity index (χ4n) is 8.42. The van der Waals surface area contributed by atoms with Crippen molar-refractivity contribution in [3.63, 3.8) is 0 Å². The van der Waals surface area contributed by atoms with Crippen molar-refractivity contribution in [3.05, 3.63) is 231 Å². The van der Waals surface area contributed by atoms with Gasteiger partial charge in [-0.3, -0.25) is 0 Å². The monoisotopic (exact) mass is 778 g/mol. The molecule has 9 aromatic carbocycles. The average Bonchev–Trinajstić information content (AvgIpc) is 3.76. The van der Waals surface area contributed by atoms with E-state index in [-0.39, 0.29) is 0 Å². The van der Waals surface area contributed by atoms with Crippen LogP contribution in [-0.2, 0) is 0 Å². The summed E-state index contributed by atoms with van der Waals surface area (Å²) in [6.45, 7) is 0. The quantitative estimate of drug-likeness (QED) is 0.154. The summed E-state index contributed by atoms with van der Waals surface area (Å²) in [4.78, 5) is 10.4. The Balaban J connectivity index is 1.09. The topological polar surface area (TPSA) is 43.6 Å². The first-order chi connectivity index (χ1) is 30.2.